The summed E-state index contributed by atoms with van der Waals surface area (Å²) in [6.07, 6.45) is 0.962. The Balaban J connectivity index is 2.27. The number of nitriles is 1. The van der Waals surface area contributed by atoms with Crippen LogP contribution in [0.3, 0.4) is 0 Å². The third-order valence-electron chi connectivity index (χ3n) is 3.69. The predicted molar refractivity (Wildman–Crippen MR) is 70.9 cm³/mol. The maximum absolute atomic E-state index is 11.9. The van der Waals surface area contributed by atoms with Gasteiger partial charge >= 0.3 is 0 Å². The molecule has 0 aromatic heterocycles. The van der Waals surface area contributed by atoms with E-state index in [1.54, 1.807) is 6.92 Å². The Morgan fingerprint density at radius 2 is 1.83 bits per heavy atom. The van der Waals surface area contributed by atoms with Gasteiger partial charge in [0.05, 0.1) is 17.2 Å². The van der Waals surface area contributed by atoms with Crippen molar-refractivity contribution in [1.82, 2.24) is 0 Å². The lowest BCUT2D eigenvalue weighted by molar-refractivity contribution is 0.594. The lowest BCUT2D eigenvalue weighted by Gasteiger charge is -2.02. The minimum absolute atomic E-state index is 0.111. The molecule has 0 heterocycles. The van der Waals surface area contributed by atoms with E-state index < -0.39 is 15.1 Å². The van der Waals surface area contributed by atoms with E-state index in [-0.39, 0.29) is 17.6 Å². The van der Waals surface area contributed by atoms with Crippen LogP contribution in [0.4, 0.5) is 0 Å². The number of hydrogen-bond donors (Lipinski definition) is 0. The molecule has 1 aromatic carbocycles. The first-order valence-corrected chi connectivity index (χ1v) is 7.96. The molecule has 0 bridgehead atoms. The van der Waals surface area contributed by atoms with Crippen molar-refractivity contribution in [3.05, 3.63) is 35.4 Å². The number of sulfone groups is 1. The van der Waals surface area contributed by atoms with Crippen LogP contribution < -0.4 is 0 Å². The standard InChI is InChI=1S/C14H17NO2S/c1-3-10-5-7-11(8-6-10)13-12(9-15)14(13)18(16,17)4-2/h5-8,12-14H,3-4H2,1-2H3/t12-,13-,14+/m1/s1. The molecule has 2 rings (SSSR count). The Labute approximate surface area is 108 Å². The molecule has 1 aromatic rings. The van der Waals surface area contributed by atoms with Crippen LogP contribution in [0, 0.1) is 17.2 Å². The van der Waals surface area contributed by atoms with Crippen molar-refractivity contribution in [3.8, 4) is 6.07 Å². The smallest absolute Gasteiger partial charge is 0.154 e. The van der Waals surface area contributed by atoms with Crippen LogP contribution >= 0.6 is 0 Å². The molecule has 18 heavy (non-hydrogen) atoms. The summed E-state index contributed by atoms with van der Waals surface area (Å²) < 4.78 is 23.8. The first-order valence-electron chi connectivity index (χ1n) is 6.25. The van der Waals surface area contributed by atoms with Gasteiger partial charge in [0.25, 0.3) is 0 Å². The molecular weight excluding hydrogens is 246 g/mol. The fraction of sp³-hybridized carbons (Fsp3) is 0.500. The van der Waals surface area contributed by atoms with Crippen LogP contribution in [-0.2, 0) is 16.3 Å². The maximum atomic E-state index is 11.9. The molecule has 0 saturated heterocycles. The van der Waals surface area contributed by atoms with Gasteiger partial charge < -0.3 is 0 Å². The summed E-state index contributed by atoms with van der Waals surface area (Å²) in [5, 5.41) is 8.55. The summed E-state index contributed by atoms with van der Waals surface area (Å²) in [7, 11) is -3.12. The van der Waals surface area contributed by atoms with Gasteiger partial charge in [-0.15, -0.1) is 0 Å². The zero-order chi connectivity index (χ0) is 13.3. The first-order chi connectivity index (χ1) is 8.55. The highest BCUT2D eigenvalue weighted by molar-refractivity contribution is 7.92. The Bertz CT molecular complexity index is 569. The van der Waals surface area contributed by atoms with Crippen molar-refractivity contribution in [1.29, 1.82) is 5.26 Å². The van der Waals surface area contributed by atoms with Crippen LogP contribution in [0.1, 0.15) is 30.9 Å². The fourth-order valence-corrected chi connectivity index (χ4v) is 4.19. The fourth-order valence-electron chi connectivity index (χ4n) is 2.45. The zero-order valence-electron chi connectivity index (χ0n) is 10.6. The molecule has 0 unspecified atom stereocenters. The number of benzene rings is 1. The van der Waals surface area contributed by atoms with Gasteiger partial charge in [-0.2, -0.15) is 5.26 Å². The summed E-state index contributed by atoms with van der Waals surface area (Å²) in [5.41, 5.74) is 2.20. The van der Waals surface area contributed by atoms with Gasteiger partial charge in [0.2, 0.25) is 0 Å². The summed E-state index contributed by atoms with van der Waals surface area (Å²) in [6, 6.07) is 10.1. The minimum atomic E-state index is -3.12. The number of rotatable bonds is 4. The monoisotopic (exact) mass is 263 g/mol. The number of nitrogens with zero attached hydrogens (tertiary/aromatic N) is 1. The average molecular weight is 263 g/mol. The van der Waals surface area contributed by atoms with Gasteiger partial charge in [-0.1, -0.05) is 38.1 Å². The molecular formula is C14H17NO2S. The van der Waals surface area contributed by atoms with E-state index in [1.165, 1.54) is 5.56 Å². The quantitative estimate of drug-likeness (QED) is 0.837. The molecule has 3 atom stereocenters. The Hall–Kier alpha value is -1.34. The highest BCUT2D eigenvalue weighted by atomic mass is 32.2. The molecule has 0 N–H and O–H groups in total. The van der Waals surface area contributed by atoms with E-state index in [0.717, 1.165) is 12.0 Å². The molecule has 96 valence electrons. The van der Waals surface area contributed by atoms with Crippen molar-refractivity contribution < 1.29 is 8.42 Å². The van der Waals surface area contributed by atoms with Crippen molar-refractivity contribution in [2.24, 2.45) is 5.92 Å². The van der Waals surface area contributed by atoms with Crippen LogP contribution in [0.15, 0.2) is 24.3 Å². The minimum Gasteiger partial charge on any atom is -0.228 e. The van der Waals surface area contributed by atoms with Gasteiger partial charge in [-0.3, -0.25) is 0 Å². The van der Waals surface area contributed by atoms with Crippen molar-refractivity contribution in [2.75, 3.05) is 5.75 Å². The third-order valence-corrected chi connectivity index (χ3v) is 5.91. The van der Waals surface area contributed by atoms with Gasteiger partial charge in [-0.05, 0) is 17.5 Å². The molecule has 3 nitrogen and oxygen atoms in total. The molecule has 4 heteroatoms. The second-order valence-electron chi connectivity index (χ2n) is 4.69. The van der Waals surface area contributed by atoms with E-state index in [0.29, 0.717) is 0 Å². The lowest BCUT2D eigenvalue weighted by Crippen LogP contribution is -2.12. The summed E-state index contributed by atoms with van der Waals surface area (Å²) in [5.74, 6) is -0.396. The predicted octanol–water partition coefficient (Wildman–Crippen LogP) is 2.29. The second kappa shape index (κ2) is 4.74. The van der Waals surface area contributed by atoms with E-state index in [9.17, 15) is 8.42 Å². The van der Waals surface area contributed by atoms with E-state index >= 15 is 0 Å². The summed E-state index contributed by atoms with van der Waals surface area (Å²) >= 11 is 0. The molecule has 0 aliphatic heterocycles. The SMILES string of the molecule is CCc1ccc([C@@H]2[C@@H](C#N)[C@@H]2S(=O)(=O)CC)cc1. The van der Waals surface area contributed by atoms with Gasteiger partial charge in [0.15, 0.2) is 9.84 Å². The number of hydrogen-bond acceptors (Lipinski definition) is 3. The van der Waals surface area contributed by atoms with Crippen molar-refractivity contribution in [2.45, 2.75) is 31.4 Å². The van der Waals surface area contributed by atoms with Gasteiger partial charge in [0, 0.05) is 11.7 Å². The first kappa shape index (κ1) is 13.1. The molecule has 1 aliphatic rings. The van der Waals surface area contributed by atoms with Crippen LogP contribution in [0.2, 0.25) is 0 Å². The zero-order valence-corrected chi connectivity index (χ0v) is 11.4. The Morgan fingerprint density at radius 1 is 1.22 bits per heavy atom. The largest absolute Gasteiger partial charge is 0.228 e. The molecule has 0 amide bonds. The number of aryl methyl sites for hydroxylation is 1. The topological polar surface area (TPSA) is 57.9 Å². The Morgan fingerprint density at radius 3 is 2.28 bits per heavy atom. The normalized spacial score (nSPS) is 26.6. The molecule has 0 spiro atoms. The summed E-state index contributed by atoms with van der Waals surface area (Å²) in [6.45, 7) is 3.72. The van der Waals surface area contributed by atoms with Crippen molar-refractivity contribution in [3.63, 3.8) is 0 Å². The summed E-state index contributed by atoms with van der Waals surface area (Å²) in [4.78, 5) is 0. The van der Waals surface area contributed by atoms with Gasteiger partial charge in [-0.25, -0.2) is 8.42 Å². The van der Waals surface area contributed by atoms with Crippen LogP contribution in [0.5, 0.6) is 0 Å². The average Bonchev–Trinajstić information content (AvgIpc) is 3.14. The Kier molecular flexibility index (Phi) is 3.45. The van der Waals surface area contributed by atoms with E-state index in [4.69, 9.17) is 5.26 Å². The maximum Gasteiger partial charge on any atom is 0.154 e. The molecule has 0 radical (unpaired) electrons. The second-order valence-corrected chi connectivity index (χ2v) is 7.14. The van der Waals surface area contributed by atoms with Crippen molar-refractivity contribution >= 4 is 9.84 Å². The van der Waals surface area contributed by atoms with Crippen LogP contribution in [0.25, 0.3) is 0 Å². The highest BCUT2D eigenvalue weighted by Crippen LogP contribution is 2.52. The van der Waals surface area contributed by atoms with E-state index in [2.05, 4.69) is 13.0 Å². The third kappa shape index (κ3) is 2.15. The lowest BCUT2D eigenvalue weighted by atomic mass is 10.1. The van der Waals surface area contributed by atoms with Crippen LogP contribution in [-0.4, -0.2) is 19.4 Å². The molecule has 1 saturated carbocycles. The molecule has 1 fully saturated rings. The highest BCUT2D eigenvalue weighted by Gasteiger charge is 2.58. The molecule has 1 aliphatic carbocycles. The van der Waals surface area contributed by atoms with E-state index in [1.807, 2.05) is 24.3 Å². The van der Waals surface area contributed by atoms with Gasteiger partial charge in [0.1, 0.15) is 0 Å².